The number of pyridine rings is 1. The van der Waals surface area contributed by atoms with Crippen LogP contribution in [0.25, 0.3) is 0 Å². The molecule has 0 spiro atoms. The zero-order valence-electron chi connectivity index (χ0n) is 13.4. The van der Waals surface area contributed by atoms with Crippen molar-refractivity contribution < 1.29 is 4.74 Å². The molecule has 1 fully saturated rings. The molecule has 0 radical (unpaired) electrons. The second-order valence-electron chi connectivity index (χ2n) is 5.51. The Balaban J connectivity index is 1.99. The first-order valence-corrected chi connectivity index (χ1v) is 9.58. The summed E-state index contributed by atoms with van der Waals surface area (Å²) in [7, 11) is 0. The number of ether oxygens (including phenoxy) is 1. The molecular formula is C16H16N6OS2. The van der Waals surface area contributed by atoms with Gasteiger partial charge in [0.2, 0.25) is 0 Å². The number of thiazole rings is 1. The predicted octanol–water partition coefficient (Wildman–Crippen LogP) is 2.98. The van der Waals surface area contributed by atoms with E-state index in [0.717, 1.165) is 25.0 Å². The average molecular weight is 372 g/mol. The van der Waals surface area contributed by atoms with E-state index in [-0.39, 0.29) is 17.5 Å². The van der Waals surface area contributed by atoms with Gasteiger partial charge in [0.1, 0.15) is 28.5 Å². The first-order valence-electron chi connectivity index (χ1n) is 7.72. The van der Waals surface area contributed by atoms with Crippen LogP contribution in [0.2, 0.25) is 0 Å². The highest BCUT2D eigenvalue weighted by atomic mass is 32.2. The lowest BCUT2D eigenvalue weighted by atomic mass is 9.94. The molecular weight excluding hydrogens is 356 g/mol. The van der Waals surface area contributed by atoms with Crippen molar-refractivity contribution in [3.63, 3.8) is 0 Å². The number of rotatable bonds is 4. The highest BCUT2D eigenvalue weighted by Crippen LogP contribution is 2.38. The van der Waals surface area contributed by atoms with E-state index in [1.165, 1.54) is 23.1 Å². The highest BCUT2D eigenvalue weighted by Gasteiger charge is 2.27. The monoisotopic (exact) mass is 372 g/mol. The van der Waals surface area contributed by atoms with Gasteiger partial charge in [0.15, 0.2) is 5.13 Å². The fourth-order valence-corrected chi connectivity index (χ4v) is 4.31. The number of anilines is 2. The Labute approximate surface area is 153 Å². The minimum Gasteiger partial charge on any atom is -0.383 e. The van der Waals surface area contributed by atoms with E-state index in [1.807, 2.05) is 5.38 Å². The van der Waals surface area contributed by atoms with Crippen molar-refractivity contribution in [2.24, 2.45) is 0 Å². The van der Waals surface area contributed by atoms with Gasteiger partial charge in [-0.25, -0.2) is 9.97 Å². The lowest BCUT2D eigenvalue weighted by Gasteiger charge is -2.25. The quantitative estimate of drug-likeness (QED) is 0.782. The van der Waals surface area contributed by atoms with Crippen molar-refractivity contribution in [1.29, 1.82) is 10.5 Å². The number of hydrogen-bond donors (Lipinski definition) is 2. The Kier molecular flexibility index (Phi) is 5.39. The average Bonchev–Trinajstić information content (AvgIpc) is 3.05. The van der Waals surface area contributed by atoms with Crippen LogP contribution in [0.5, 0.6) is 0 Å². The normalized spacial score (nSPS) is 17.0. The van der Waals surface area contributed by atoms with E-state index >= 15 is 0 Å². The van der Waals surface area contributed by atoms with Gasteiger partial charge in [-0.3, -0.25) is 0 Å². The summed E-state index contributed by atoms with van der Waals surface area (Å²) in [6, 6.07) is 4.28. The Hall–Kier alpha value is -2.33. The molecule has 4 N–H and O–H groups in total. The van der Waals surface area contributed by atoms with Crippen LogP contribution in [0.15, 0.2) is 10.4 Å². The number of nitrogens with two attached hydrogens (primary N) is 2. The molecule has 1 atom stereocenters. The van der Waals surface area contributed by atoms with Crippen molar-refractivity contribution in [2.75, 3.05) is 18.1 Å². The first-order chi connectivity index (χ1) is 12.1. The molecule has 0 amide bonds. The SMILES string of the molecule is N#Cc1c(N)nc(SCc2csc(N)n2)c(C#N)c1C1CCCCO1. The maximum atomic E-state index is 9.70. The van der Waals surface area contributed by atoms with Crippen molar-refractivity contribution >= 4 is 34.0 Å². The number of nitrogens with zero attached hydrogens (tertiary/aromatic N) is 4. The number of nitriles is 2. The van der Waals surface area contributed by atoms with E-state index in [1.54, 1.807) is 0 Å². The third-order valence-corrected chi connectivity index (χ3v) is 5.61. The van der Waals surface area contributed by atoms with Gasteiger partial charge in [-0.15, -0.1) is 11.3 Å². The third kappa shape index (κ3) is 3.69. The Morgan fingerprint density at radius 3 is 2.64 bits per heavy atom. The van der Waals surface area contributed by atoms with Crippen LogP contribution in [0.4, 0.5) is 10.9 Å². The first kappa shape index (κ1) is 17.5. The van der Waals surface area contributed by atoms with Crippen molar-refractivity contribution in [1.82, 2.24) is 9.97 Å². The molecule has 1 unspecified atom stereocenters. The van der Waals surface area contributed by atoms with Gasteiger partial charge in [0.05, 0.1) is 17.4 Å². The van der Waals surface area contributed by atoms with Crippen LogP contribution in [0.1, 0.15) is 47.8 Å². The standard InChI is InChI=1S/C16H16N6OS2/c17-5-10-13(12-3-1-2-4-23-12)11(6-18)15(22-14(10)19)24-7-9-8-25-16(20)21-9/h8,12H,1-4,7H2,(H2,19,22)(H2,20,21). The van der Waals surface area contributed by atoms with Gasteiger partial charge in [-0.1, -0.05) is 11.8 Å². The van der Waals surface area contributed by atoms with E-state index in [9.17, 15) is 10.5 Å². The summed E-state index contributed by atoms with van der Waals surface area (Å²) in [5, 5.41) is 22.0. The van der Waals surface area contributed by atoms with Crippen LogP contribution in [-0.2, 0) is 10.5 Å². The Bertz CT molecular complexity index is 861. The van der Waals surface area contributed by atoms with E-state index in [0.29, 0.717) is 33.6 Å². The molecule has 0 aromatic carbocycles. The van der Waals surface area contributed by atoms with Crippen molar-refractivity contribution in [3.05, 3.63) is 27.8 Å². The molecule has 9 heteroatoms. The van der Waals surface area contributed by atoms with Crippen molar-refractivity contribution in [3.8, 4) is 12.1 Å². The van der Waals surface area contributed by atoms with Crippen LogP contribution < -0.4 is 11.5 Å². The lowest BCUT2D eigenvalue weighted by Crippen LogP contribution is -2.16. The third-order valence-electron chi connectivity index (χ3n) is 3.88. The van der Waals surface area contributed by atoms with E-state index in [4.69, 9.17) is 16.2 Å². The summed E-state index contributed by atoms with van der Waals surface area (Å²) in [6.45, 7) is 0.614. The van der Waals surface area contributed by atoms with Gasteiger partial charge >= 0.3 is 0 Å². The molecule has 0 aliphatic carbocycles. The van der Waals surface area contributed by atoms with Gasteiger partial charge in [0, 0.05) is 23.3 Å². The summed E-state index contributed by atoms with van der Waals surface area (Å²) in [4.78, 5) is 8.48. The molecule has 2 aromatic heterocycles. The Morgan fingerprint density at radius 1 is 1.24 bits per heavy atom. The molecule has 3 rings (SSSR count). The maximum absolute atomic E-state index is 9.70. The summed E-state index contributed by atoms with van der Waals surface area (Å²) < 4.78 is 5.80. The molecule has 1 aliphatic rings. The highest BCUT2D eigenvalue weighted by molar-refractivity contribution is 7.98. The second-order valence-corrected chi connectivity index (χ2v) is 7.36. The van der Waals surface area contributed by atoms with Gasteiger partial charge in [-0.05, 0) is 19.3 Å². The van der Waals surface area contributed by atoms with E-state index < -0.39 is 0 Å². The summed E-state index contributed by atoms with van der Waals surface area (Å²) in [5.41, 5.74) is 13.6. The van der Waals surface area contributed by atoms with Crippen LogP contribution >= 0.6 is 23.1 Å². The molecule has 7 nitrogen and oxygen atoms in total. The second kappa shape index (κ2) is 7.70. The van der Waals surface area contributed by atoms with Gasteiger partial charge in [-0.2, -0.15) is 10.5 Å². The fourth-order valence-electron chi connectivity index (χ4n) is 2.75. The number of hydrogen-bond acceptors (Lipinski definition) is 9. The topological polar surface area (TPSA) is 135 Å². The minimum absolute atomic E-state index is 0.131. The maximum Gasteiger partial charge on any atom is 0.180 e. The molecule has 3 heterocycles. The summed E-state index contributed by atoms with van der Waals surface area (Å²) in [6.07, 6.45) is 2.44. The molecule has 0 bridgehead atoms. The zero-order valence-corrected chi connectivity index (χ0v) is 15.0. The zero-order chi connectivity index (χ0) is 17.8. The largest absolute Gasteiger partial charge is 0.383 e. The number of nitrogen functional groups attached to an aromatic ring is 2. The van der Waals surface area contributed by atoms with Crippen LogP contribution in [0.3, 0.4) is 0 Å². The number of aromatic nitrogens is 2. The Morgan fingerprint density at radius 2 is 2.04 bits per heavy atom. The fraction of sp³-hybridized carbons (Fsp3) is 0.375. The molecule has 1 aliphatic heterocycles. The summed E-state index contributed by atoms with van der Waals surface area (Å²) in [5.74, 6) is 0.650. The van der Waals surface area contributed by atoms with E-state index in [2.05, 4.69) is 22.1 Å². The smallest absolute Gasteiger partial charge is 0.180 e. The lowest BCUT2D eigenvalue weighted by molar-refractivity contribution is 0.0145. The van der Waals surface area contributed by atoms with Crippen LogP contribution in [0, 0.1) is 22.7 Å². The molecule has 25 heavy (non-hydrogen) atoms. The molecule has 0 saturated carbocycles. The van der Waals surface area contributed by atoms with Gasteiger partial charge in [0.25, 0.3) is 0 Å². The minimum atomic E-state index is -0.294. The predicted molar refractivity (Wildman–Crippen MR) is 96.7 cm³/mol. The molecule has 2 aromatic rings. The number of thioether (sulfide) groups is 1. The molecule has 128 valence electrons. The van der Waals surface area contributed by atoms with Crippen LogP contribution in [-0.4, -0.2) is 16.6 Å². The van der Waals surface area contributed by atoms with Gasteiger partial charge < -0.3 is 16.2 Å². The summed E-state index contributed by atoms with van der Waals surface area (Å²) >= 11 is 2.72. The van der Waals surface area contributed by atoms with Crippen molar-refractivity contribution in [2.45, 2.75) is 36.1 Å². The molecule has 1 saturated heterocycles.